The molecule has 3 rings (SSSR count). The van der Waals surface area contributed by atoms with Crippen molar-refractivity contribution < 1.29 is 18.3 Å². The highest BCUT2D eigenvalue weighted by molar-refractivity contribution is 5.93. The summed E-state index contributed by atoms with van der Waals surface area (Å²) in [5, 5.41) is 2.84. The normalized spacial score (nSPS) is 10.7. The fourth-order valence-corrected chi connectivity index (χ4v) is 2.51. The Hall–Kier alpha value is -3.22. The zero-order valence-electron chi connectivity index (χ0n) is 13.8. The van der Waals surface area contributed by atoms with E-state index in [0.717, 1.165) is 11.3 Å². The number of nitrogens with one attached hydrogen (secondary N) is 1. The molecule has 2 aromatic carbocycles. The molecule has 3 aromatic rings. The van der Waals surface area contributed by atoms with Crippen LogP contribution >= 0.6 is 0 Å². The summed E-state index contributed by atoms with van der Waals surface area (Å²) in [5.41, 5.74) is 2.20. The van der Waals surface area contributed by atoms with Crippen molar-refractivity contribution >= 4 is 5.91 Å². The van der Waals surface area contributed by atoms with Gasteiger partial charge in [-0.3, -0.25) is 9.36 Å². The molecule has 5 nitrogen and oxygen atoms in total. The molecule has 0 radical (unpaired) electrons. The summed E-state index contributed by atoms with van der Waals surface area (Å²) in [6, 6.07) is 15.8. The summed E-state index contributed by atoms with van der Waals surface area (Å²) in [5.74, 6) is -0.122. The van der Waals surface area contributed by atoms with Gasteiger partial charge in [0.2, 0.25) is 0 Å². The largest absolute Gasteiger partial charge is 0.435 e. The SMILES string of the molecule is O=C(NCCc1ccc(OC(F)F)cc1)c1cncn1-c1ccccc1. The van der Waals surface area contributed by atoms with Gasteiger partial charge in [-0.05, 0) is 36.2 Å². The standard InChI is InChI=1S/C19H17F2N3O2/c20-19(21)26-16-8-6-14(7-9-16)10-11-23-18(25)17-12-22-13-24(17)15-4-2-1-3-5-15/h1-9,12-13,19H,10-11H2,(H,23,25). The van der Waals surface area contributed by atoms with Gasteiger partial charge in [0.15, 0.2) is 0 Å². The molecule has 1 N–H and O–H groups in total. The van der Waals surface area contributed by atoms with E-state index in [-0.39, 0.29) is 11.7 Å². The minimum absolute atomic E-state index is 0.111. The van der Waals surface area contributed by atoms with Crippen LogP contribution in [0.3, 0.4) is 0 Å². The summed E-state index contributed by atoms with van der Waals surface area (Å²) >= 11 is 0. The van der Waals surface area contributed by atoms with E-state index >= 15 is 0 Å². The van der Waals surface area contributed by atoms with E-state index in [1.54, 1.807) is 23.0 Å². The molecule has 0 unspecified atom stereocenters. The first-order chi connectivity index (χ1) is 12.6. The van der Waals surface area contributed by atoms with Crippen LogP contribution in [-0.2, 0) is 6.42 Å². The Labute approximate surface area is 149 Å². The number of nitrogens with zero attached hydrogens (tertiary/aromatic N) is 2. The van der Waals surface area contributed by atoms with E-state index in [0.29, 0.717) is 18.7 Å². The second-order valence-corrected chi connectivity index (χ2v) is 5.51. The number of aromatic nitrogens is 2. The van der Waals surface area contributed by atoms with Crippen LogP contribution in [-0.4, -0.2) is 28.6 Å². The zero-order valence-corrected chi connectivity index (χ0v) is 13.8. The van der Waals surface area contributed by atoms with Gasteiger partial charge < -0.3 is 10.1 Å². The van der Waals surface area contributed by atoms with Crippen LogP contribution in [0.4, 0.5) is 8.78 Å². The van der Waals surface area contributed by atoms with E-state index in [9.17, 15) is 13.6 Å². The lowest BCUT2D eigenvalue weighted by Crippen LogP contribution is -2.27. The van der Waals surface area contributed by atoms with Crippen molar-refractivity contribution in [2.75, 3.05) is 6.54 Å². The lowest BCUT2D eigenvalue weighted by Gasteiger charge is -2.09. The number of para-hydroxylation sites is 1. The maximum atomic E-state index is 12.4. The molecule has 26 heavy (non-hydrogen) atoms. The van der Waals surface area contributed by atoms with Crippen LogP contribution in [0.2, 0.25) is 0 Å². The van der Waals surface area contributed by atoms with Crippen molar-refractivity contribution in [3.63, 3.8) is 0 Å². The number of halogens is 2. The van der Waals surface area contributed by atoms with Gasteiger partial charge in [0, 0.05) is 12.2 Å². The average molecular weight is 357 g/mol. The Kier molecular flexibility index (Phi) is 5.58. The smallest absolute Gasteiger partial charge is 0.387 e. The predicted octanol–water partition coefficient (Wildman–Crippen LogP) is 3.45. The van der Waals surface area contributed by atoms with E-state index in [4.69, 9.17) is 0 Å². The van der Waals surface area contributed by atoms with Crippen molar-refractivity contribution in [2.45, 2.75) is 13.0 Å². The summed E-state index contributed by atoms with van der Waals surface area (Å²) in [4.78, 5) is 16.4. The van der Waals surface area contributed by atoms with Crippen LogP contribution in [0.25, 0.3) is 5.69 Å². The number of carbonyl (C=O) groups is 1. The van der Waals surface area contributed by atoms with Crippen molar-refractivity contribution in [3.05, 3.63) is 78.4 Å². The number of hydrogen-bond donors (Lipinski definition) is 1. The summed E-state index contributed by atoms with van der Waals surface area (Å²) in [6.45, 7) is -2.43. The molecule has 0 aliphatic carbocycles. The monoisotopic (exact) mass is 357 g/mol. The van der Waals surface area contributed by atoms with Gasteiger partial charge in [-0.25, -0.2) is 4.98 Å². The number of amides is 1. The van der Waals surface area contributed by atoms with Crippen LogP contribution in [0.1, 0.15) is 16.1 Å². The molecular formula is C19H17F2N3O2. The number of imidazole rings is 1. The minimum Gasteiger partial charge on any atom is -0.435 e. The highest BCUT2D eigenvalue weighted by atomic mass is 19.3. The van der Waals surface area contributed by atoms with Crippen molar-refractivity contribution in [1.82, 2.24) is 14.9 Å². The lowest BCUT2D eigenvalue weighted by molar-refractivity contribution is -0.0498. The fourth-order valence-electron chi connectivity index (χ4n) is 2.51. The topological polar surface area (TPSA) is 56.1 Å². The van der Waals surface area contributed by atoms with Gasteiger partial charge in [0.25, 0.3) is 5.91 Å². The van der Waals surface area contributed by atoms with E-state index in [1.165, 1.54) is 18.3 Å². The third-order valence-electron chi connectivity index (χ3n) is 3.75. The summed E-state index contributed by atoms with van der Waals surface area (Å²) in [6.07, 6.45) is 3.67. The van der Waals surface area contributed by atoms with Gasteiger partial charge in [-0.15, -0.1) is 0 Å². The Bertz CT molecular complexity index is 849. The lowest BCUT2D eigenvalue weighted by atomic mass is 10.1. The molecule has 134 valence electrons. The Morgan fingerprint density at radius 3 is 2.54 bits per heavy atom. The minimum atomic E-state index is -2.84. The zero-order chi connectivity index (χ0) is 18.4. The predicted molar refractivity (Wildman–Crippen MR) is 92.7 cm³/mol. The van der Waals surface area contributed by atoms with Crippen LogP contribution in [0.15, 0.2) is 67.1 Å². The number of carbonyl (C=O) groups excluding carboxylic acids is 1. The van der Waals surface area contributed by atoms with Gasteiger partial charge in [-0.1, -0.05) is 30.3 Å². The highest BCUT2D eigenvalue weighted by Crippen LogP contribution is 2.15. The van der Waals surface area contributed by atoms with Crippen LogP contribution < -0.4 is 10.1 Å². The first kappa shape index (κ1) is 17.6. The van der Waals surface area contributed by atoms with Gasteiger partial charge in [-0.2, -0.15) is 8.78 Å². The second kappa shape index (κ2) is 8.24. The molecule has 0 atom stereocenters. The number of alkyl halides is 2. The molecular weight excluding hydrogens is 340 g/mol. The van der Waals surface area contributed by atoms with Gasteiger partial charge in [0.1, 0.15) is 11.4 Å². The van der Waals surface area contributed by atoms with E-state index in [2.05, 4.69) is 15.0 Å². The number of hydrogen-bond acceptors (Lipinski definition) is 3. The quantitative estimate of drug-likeness (QED) is 0.705. The van der Waals surface area contributed by atoms with E-state index in [1.807, 2.05) is 30.3 Å². The second-order valence-electron chi connectivity index (χ2n) is 5.51. The average Bonchev–Trinajstić information content (AvgIpc) is 3.13. The number of ether oxygens (including phenoxy) is 1. The number of rotatable bonds is 7. The first-order valence-corrected chi connectivity index (χ1v) is 8.03. The molecule has 0 fully saturated rings. The molecule has 0 spiro atoms. The molecule has 1 heterocycles. The molecule has 7 heteroatoms. The molecule has 0 aliphatic heterocycles. The van der Waals surface area contributed by atoms with E-state index < -0.39 is 6.61 Å². The van der Waals surface area contributed by atoms with Crippen LogP contribution in [0, 0.1) is 0 Å². The first-order valence-electron chi connectivity index (χ1n) is 8.03. The maximum absolute atomic E-state index is 12.4. The third kappa shape index (κ3) is 4.44. The van der Waals surface area contributed by atoms with Crippen molar-refractivity contribution in [2.24, 2.45) is 0 Å². The number of benzene rings is 2. The maximum Gasteiger partial charge on any atom is 0.387 e. The summed E-state index contributed by atoms with van der Waals surface area (Å²) in [7, 11) is 0. The molecule has 0 aliphatic rings. The summed E-state index contributed by atoms with van der Waals surface area (Å²) < 4.78 is 30.3. The third-order valence-corrected chi connectivity index (χ3v) is 3.75. The molecule has 0 saturated carbocycles. The highest BCUT2D eigenvalue weighted by Gasteiger charge is 2.12. The van der Waals surface area contributed by atoms with Gasteiger partial charge >= 0.3 is 6.61 Å². The Morgan fingerprint density at radius 1 is 1.12 bits per heavy atom. The molecule has 1 aromatic heterocycles. The molecule has 1 amide bonds. The Morgan fingerprint density at radius 2 is 1.85 bits per heavy atom. The van der Waals surface area contributed by atoms with Crippen molar-refractivity contribution in [1.29, 1.82) is 0 Å². The van der Waals surface area contributed by atoms with Gasteiger partial charge in [0.05, 0.1) is 12.5 Å². The fraction of sp³-hybridized carbons (Fsp3) is 0.158. The van der Waals surface area contributed by atoms with Crippen molar-refractivity contribution in [3.8, 4) is 11.4 Å². The molecule has 0 bridgehead atoms. The molecule has 0 saturated heterocycles. The Balaban J connectivity index is 1.56. The van der Waals surface area contributed by atoms with Crippen LogP contribution in [0.5, 0.6) is 5.75 Å².